The Bertz CT molecular complexity index is 1190. The van der Waals surface area contributed by atoms with Crippen LogP contribution in [0.15, 0.2) is 18.2 Å². The second-order valence-electron chi connectivity index (χ2n) is 12.6. The van der Waals surface area contributed by atoms with Crippen molar-refractivity contribution in [2.45, 2.75) is 77.0 Å². The molecule has 0 aromatic heterocycles. The van der Waals surface area contributed by atoms with Gasteiger partial charge in [-0.3, -0.25) is 19.2 Å². The molecule has 2 N–H and O–H groups in total. The molecule has 0 bridgehead atoms. The molecule has 4 aliphatic rings. The Morgan fingerprint density at radius 3 is 2.50 bits per heavy atom. The highest BCUT2D eigenvalue weighted by atomic mass is 16.5. The molecule has 1 aromatic rings. The van der Waals surface area contributed by atoms with Crippen molar-refractivity contribution in [2.24, 2.45) is 11.8 Å². The Kier molecular flexibility index (Phi) is 9.08. The van der Waals surface area contributed by atoms with Crippen molar-refractivity contribution >= 4 is 35.0 Å². The van der Waals surface area contributed by atoms with Gasteiger partial charge in [-0.05, 0) is 70.6 Å². The van der Waals surface area contributed by atoms with Gasteiger partial charge in [0, 0.05) is 71.1 Å². The van der Waals surface area contributed by atoms with Crippen LogP contribution in [0.4, 0.5) is 11.4 Å². The number of benzene rings is 1. The number of hydrogen-bond donors (Lipinski definition) is 2. The second-order valence-corrected chi connectivity index (χ2v) is 12.6. The lowest BCUT2D eigenvalue weighted by Crippen LogP contribution is -2.53. The first-order valence-corrected chi connectivity index (χ1v) is 15.3. The number of carbonyl (C=O) groups is 4. The Morgan fingerprint density at radius 2 is 1.83 bits per heavy atom. The number of ether oxygens (including phenoxy) is 2. The molecule has 2 atom stereocenters. The molecular formula is C31H45N5O6. The van der Waals surface area contributed by atoms with Gasteiger partial charge >= 0.3 is 0 Å². The third-order valence-corrected chi connectivity index (χ3v) is 8.87. The van der Waals surface area contributed by atoms with Crippen LogP contribution in [0.5, 0.6) is 5.75 Å². The summed E-state index contributed by atoms with van der Waals surface area (Å²) in [4.78, 5) is 57.7. The van der Waals surface area contributed by atoms with Crippen LogP contribution in [0.1, 0.15) is 59.3 Å². The van der Waals surface area contributed by atoms with E-state index >= 15 is 0 Å². The number of anilines is 2. The van der Waals surface area contributed by atoms with Crippen molar-refractivity contribution in [1.29, 1.82) is 0 Å². The zero-order chi connectivity index (χ0) is 30.0. The predicted molar refractivity (Wildman–Crippen MR) is 158 cm³/mol. The van der Waals surface area contributed by atoms with Gasteiger partial charge in [-0.2, -0.15) is 0 Å². The van der Waals surface area contributed by atoms with Crippen LogP contribution in [-0.2, 0) is 23.9 Å². The highest BCUT2D eigenvalue weighted by Crippen LogP contribution is 2.43. The van der Waals surface area contributed by atoms with Gasteiger partial charge in [0.2, 0.25) is 17.7 Å². The van der Waals surface area contributed by atoms with Gasteiger partial charge in [0.1, 0.15) is 5.75 Å². The van der Waals surface area contributed by atoms with Crippen molar-refractivity contribution in [2.75, 3.05) is 56.2 Å². The second kappa shape index (κ2) is 12.6. The average molecular weight is 584 g/mol. The Morgan fingerprint density at radius 1 is 1.12 bits per heavy atom. The molecule has 3 fully saturated rings. The molecule has 11 heteroatoms. The molecule has 11 nitrogen and oxygen atoms in total. The number of likely N-dealkylation sites (tertiary alicyclic amines) is 1. The standard InChI is InChI=1S/C31H45N5O6/c1-20(37)34-13-10-23(11-14-34)33-28(38)21-16-22(19-32-18-21)29(39)36(24-6-7-24)25-8-9-27-26(17-25)35(12-5-15-41-4)30(40)31(2,3)42-27/h8-9,17,21-24,32H,5-7,10-16,18-19H2,1-4H3,(H,33,38)/t21-,22+/m0/s1. The molecule has 0 radical (unpaired) electrons. The molecule has 1 saturated carbocycles. The number of carbonyl (C=O) groups excluding carboxylic acids is 4. The first-order chi connectivity index (χ1) is 20.1. The van der Waals surface area contributed by atoms with Crippen LogP contribution in [0.25, 0.3) is 0 Å². The van der Waals surface area contributed by atoms with Gasteiger partial charge in [0.05, 0.1) is 17.5 Å². The molecule has 5 rings (SSSR count). The van der Waals surface area contributed by atoms with Crippen LogP contribution in [0, 0.1) is 11.8 Å². The van der Waals surface area contributed by atoms with E-state index in [1.165, 1.54) is 0 Å². The summed E-state index contributed by atoms with van der Waals surface area (Å²) in [5.41, 5.74) is 0.431. The molecule has 1 aromatic carbocycles. The lowest BCUT2D eigenvalue weighted by Gasteiger charge is -2.40. The van der Waals surface area contributed by atoms with Gasteiger partial charge in [-0.25, -0.2) is 0 Å². The maximum Gasteiger partial charge on any atom is 0.270 e. The summed E-state index contributed by atoms with van der Waals surface area (Å²) in [7, 11) is 1.64. The maximum atomic E-state index is 14.1. The molecule has 230 valence electrons. The Hall–Kier alpha value is -3.18. The van der Waals surface area contributed by atoms with Gasteiger partial charge in [-0.15, -0.1) is 0 Å². The number of fused-ring (bicyclic) bond motifs is 1. The summed E-state index contributed by atoms with van der Waals surface area (Å²) >= 11 is 0. The first kappa shape index (κ1) is 30.3. The van der Waals surface area contributed by atoms with Crippen molar-refractivity contribution in [3.05, 3.63) is 18.2 Å². The zero-order valence-electron chi connectivity index (χ0n) is 25.3. The van der Waals surface area contributed by atoms with E-state index in [4.69, 9.17) is 9.47 Å². The van der Waals surface area contributed by atoms with Crippen molar-refractivity contribution in [1.82, 2.24) is 15.5 Å². The molecule has 3 heterocycles. The lowest BCUT2D eigenvalue weighted by molar-refractivity contribution is -0.133. The first-order valence-electron chi connectivity index (χ1n) is 15.3. The summed E-state index contributed by atoms with van der Waals surface area (Å²) in [5, 5.41) is 6.50. The number of nitrogens with zero attached hydrogens (tertiary/aromatic N) is 3. The van der Waals surface area contributed by atoms with Crippen molar-refractivity contribution < 1.29 is 28.7 Å². The minimum Gasteiger partial charge on any atom is -0.476 e. The Balaban J connectivity index is 1.29. The van der Waals surface area contributed by atoms with E-state index in [9.17, 15) is 19.2 Å². The fourth-order valence-electron chi connectivity index (χ4n) is 6.33. The minimum atomic E-state index is -0.985. The van der Waals surface area contributed by atoms with E-state index in [1.54, 1.807) is 32.8 Å². The molecule has 0 spiro atoms. The van der Waals surface area contributed by atoms with Gasteiger partial charge in [0.15, 0.2) is 5.60 Å². The van der Waals surface area contributed by atoms with E-state index in [2.05, 4.69) is 10.6 Å². The largest absolute Gasteiger partial charge is 0.476 e. The summed E-state index contributed by atoms with van der Waals surface area (Å²) in [6.45, 7) is 8.51. The minimum absolute atomic E-state index is 0.00605. The lowest BCUT2D eigenvalue weighted by atomic mass is 9.88. The Labute approximate surface area is 248 Å². The normalized spacial score (nSPS) is 24.0. The summed E-state index contributed by atoms with van der Waals surface area (Å²) in [5.74, 6) is -0.0879. The molecule has 1 aliphatic carbocycles. The van der Waals surface area contributed by atoms with E-state index in [0.29, 0.717) is 63.6 Å². The smallest absolute Gasteiger partial charge is 0.270 e. The third-order valence-electron chi connectivity index (χ3n) is 8.87. The zero-order valence-corrected chi connectivity index (χ0v) is 25.3. The fraction of sp³-hybridized carbons (Fsp3) is 0.677. The van der Waals surface area contributed by atoms with Crippen LogP contribution < -0.4 is 25.2 Å². The quantitative estimate of drug-likeness (QED) is 0.427. The van der Waals surface area contributed by atoms with Crippen LogP contribution in [0.3, 0.4) is 0 Å². The molecule has 4 amide bonds. The van der Waals surface area contributed by atoms with E-state index in [1.807, 2.05) is 28.0 Å². The number of amides is 4. The van der Waals surface area contributed by atoms with Crippen molar-refractivity contribution in [3.8, 4) is 5.75 Å². The van der Waals surface area contributed by atoms with Crippen molar-refractivity contribution in [3.63, 3.8) is 0 Å². The highest BCUT2D eigenvalue weighted by molar-refractivity contribution is 6.04. The topological polar surface area (TPSA) is 121 Å². The molecule has 3 aliphatic heterocycles. The van der Waals surface area contributed by atoms with Crippen LogP contribution in [-0.4, -0.2) is 92.7 Å². The molecular weight excluding hydrogens is 538 g/mol. The number of nitrogens with one attached hydrogen (secondary N) is 2. The summed E-state index contributed by atoms with van der Waals surface area (Å²) in [6.07, 6.45) is 4.50. The van der Waals surface area contributed by atoms with Gasteiger partial charge in [0.25, 0.3) is 5.91 Å². The van der Waals surface area contributed by atoms with Crippen LogP contribution >= 0.6 is 0 Å². The molecule has 42 heavy (non-hydrogen) atoms. The number of rotatable bonds is 9. The average Bonchev–Trinajstić information content (AvgIpc) is 3.81. The highest BCUT2D eigenvalue weighted by Gasteiger charge is 2.43. The summed E-state index contributed by atoms with van der Waals surface area (Å²) < 4.78 is 11.3. The van der Waals surface area contributed by atoms with Gasteiger partial charge < -0.3 is 34.8 Å². The molecule has 0 unspecified atom stereocenters. The fourth-order valence-corrected chi connectivity index (χ4v) is 6.33. The third kappa shape index (κ3) is 6.57. The van der Waals surface area contributed by atoms with Gasteiger partial charge in [-0.1, -0.05) is 0 Å². The number of methoxy groups -OCH3 is 1. The number of piperidine rings is 2. The van der Waals surface area contributed by atoms with E-state index < -0.39 is 5.60 Å². The molecule has 2 saturated heterocycles. The monoisotopic (exact) mass is 583 g/mol. The predicted octanol–water partition coefficient (Wildman–Crippen LogP) is 2.08. The SMILES string of the molecule is COCCCN1C(=O)C(C)(C)Oc2ccc(N(C(=O)[C@H]3CNC[C@@H](C(=O)NC4CCN(C(C)=O)CC4)C3)C3CC3)cc21. The van der Waals surface area contributed by atoms with Crippen LogP contribution in [0.2, 0.25) is 0 Å². The van der Waals surface area contributed by atoms with E-state index in [-0.39, 0.29) is 47.5 Å². The summed E-state index contributed by atoms with van der Waals surface area (Å²) in [6, 6.07) is 5.82. The maximum absolute atomic E-state index is 14.1. The van der Waals surface area contributed by atoms with E-state index in [0.717, 1.165) is 31.4 Å². The number of hydrogen-bond acceptors (Lipinski definition) is 7.